The third kappa shape index (κ3) is 4.21. The van der Waals surface area contributed by atoms with E-state index >= 15 is 0 Å². The molecule has 8 heteroatoms. The van der Waals surface area contributed by atoms with Crippen molar-refractivity contribution in [3.8, 4) is 17.0 Å². The maximum absolute atomic E-state index is 13.9. The number of hydrogen-bond donors (Lipinski definition) is 1. The molecule has 0 radical (unpaired) electrons. The number of hydrogen-bond acceptors (Lipinski definition) is 5. The second-order valence-electron chi connectivity index (χ2n) is 6.62. The van der Waals surface area contributed by atoms with Crippen molar-refractivity contribution in [2.75, 3.05) is 5.32 Å². The molecule has 1 heterocycles. The zero-order valence-electron chi connectivity index (χ0n) is 15.2. The summed E-state index contributed by atoms with van der Waals surface area (Å²) in [5.41, 5.74) is 1.04. The summed E-state index contributed by atoms with van der Waals surface area (Å²) in [6.07, 6.45) is 3.15. The molecule has 4 rings (SSSR count). The first-order chi connectivity index (χ1) is 14.0. The molecule has 146 valence electrons. The fourth-order valence-electron chi connectivity index (χ4n) is 2.77. The van der Waals surface area contributed by atoms with Gasteiger partial charge in [-0.3, -0.25) is 19.9 Å². The van der Waals surface area contributed by atoms with Gasteiger partial charge in [0.15, 0.2) is 5.75 Å². The number of nitrogens with zero attached hydrogens (tertiary/aromatic N) is 2. The zero-order valence-corrected chi connectivity index (χ0v) is 15.2. The van der Waals surface area contributed by atoms with Crippen molar-refractivity contribution in [1.82, 2.24) is 4.98 Å². The number of halogens is 1. The molecule has 1 aromatic heterocycles. The SMILES string of the molecule is O=C(Nc1ccc(-c2ccccc2F)nc1)c1ccc(OC2CC2)c([N+](=O)[O-])c1. The third-order valence-corrected chi connectivity index (χ3v) is 4.41. The Hall–Kier alpha value is -3.81. The number of carbonyl (C=O) groups is 1. The van der Waals surface area contributed by atoms with Crippen LogP contribution >= 0.6 is 0 Å². The van der Waals surface area contributed by atoms with E-state index in [1.807, 2.05) is 0 Å². The Balaban J connectivity index is 1.51. The molecule has 0 atom stereocenters. The molecule has 3 aromatic rings. The Morgan fingerprint density at radius 3 is 2.62 bits per heavy atom. The molecule has 0 saturated heterocycles. The van der Waals surface area contributed by atoms with Crippen molar-refractivity contribution >= 4 is 17.3 Å². The minimum Gasteiger partial charge on any atom is -0.483 e. The van der Waals surface area contributed by atoms with Gasteiger partial charge in [0, 0.05) is 17.2 Å². The molecular formula is C21H16FN3O4. The molecule has 1 aliphatic rings. The summed E-state index contributed by atoms with van der Waals surface area (Å²) in [5, 5.41) is 13.9. The highest BCUT2D eigenvalue weighted by Gasteiger charge is 2.28. The molecule has 1 fully saturated rings. The van der Waals surface area contributed by atoms with E-state index in [4.69, 9.17) is 4.74 Å². The van der Waals surface area contributed by atoms with Crippen LogP contribution in [-0.4, -0.2) is 21.9 Å². The van der Waals surface area contributed by atoms with Gasteiger partial charge in [-0.15, -0.1) is 0 Å². The summed E-state index contributed by atoms with van der Waals surface area (Å²) in [7, 11) is 0. The number of rotatable bonds is 6. The molecule has 29 heavy (non-hydrogen) atoms. The van der Waals surface area contributed by atoms with Crippen LogP contribution in [-0.2, 0) is 0 Å². The Kier molecular flexibility index (Phi) is 4.90. The second-order valence-corrected chi connectivity index (χ2v) is 6.62. The molecular weight excluding hydrogens is 377 g/mol. The molecule has 1 saturated carbocycles. The topological polar surface area (TPSA) is 94.4 Å². The standard InChI is InChI=1S/C21H16FN3O4/c22-17-4-2-1-3-16(17)18-9-6-14(12-23-18)24-21(26)13-5-10-20(29-15-7-8-15)19(11-13)25(27)28/h1-6,9-12,15H,7-8H2,(H,24,26). The number of pyridine rings is 1. The lowest BCUT2D eigenvalue weighted by molar-refractivity contribution is -0.386. The first-order valence-electron chi connectivity index (χ1n) is 8.98. The van der Waals surface area contributed by atoms with Crippen molar-refractivity contribution in [3.05, 3.63) is 82.3 Å². The van der Waals surface area contributed by atoms with Crippen LogP contribution in [0.25, 0.3) is 11.3 Å². The van der Waals surface area contributed by atoms with E-state index in [2.05, 4.69) is 10.3 Å². The first-order valence-corrected chi connectivity index (χ1v) is 8.98. The second kappa shape index (κ2) is 7.67. The van der Waals surface area contributed by atoms with Crippen LogP contribution < -0.4 is 10.1 Å². The lowest BCUT2D eigenvalue weighted by Gasteiger charge is -2.09. The Morgan fingerprint density at radius 2 is 1.97 bits per heavy atom. The third-order valence-electron chi connectivity index (χ3n) is 4.41. The first kappa shape index (κ1) is 18.5. The number of carbonyl (C=O) groups excluding carboxylic acids is 1. The van der Waals surface area contributed by atoms with Crippen LogP contribution in [0.3, 0.4) is 0 Å². The largest absolute Gasteiger partial charge is 0.483 e. The van der Waals surface area contributed by atoms with Crippen LogP contribution in [0.15, 0.2) is 60.8 Å². The van der Waals surface area contributed by atoms with Gasteiger partial charge in [-0.2, -0.15) is 0 Å². The van der Waals surface area contributed by atoms with Crippen molar-refractivity contribution in [1.29, 1.82) is 0 Å². The fraction of sp³-hybridized carbons (Fsp3) is 0.143. The summed E-state index contributed by atoms with van der Waals surface area (Å²) < 4.78 is 19.4. The average molecular weight is 393 g/mol. The normalized spacial score (nSPS) is 13.0. The van der Waals surface area contributed by atoms with E-state index < -0.39 is 16.6 Å². The highest BCUT2D eigenvalue weighted by atomic mass is 19.1. The maximum atomic E-state index is 13.9. The molecule has 0 unspecified atom stereocenters. The number of nitro groups is 1. The lowest BCUT2D eigenvalue weighted by Crippen LogP contribution is -2.13. The van der Waals surface area contributed by atoms with Crippen molar-refractivity contribution < 1.29 is 18.8 Å². The van der Waals surface area contributed by atoms with Gasteiger partial charge in [0.1, 0.15) is 5.82 Å². The van der Waals surface area contributed by atoms with Gasteiger partial charge in [-0.05, 0) is 49.2 Å². The zero-order chi connectivity index (χ0) is 20.4. The Bertz CT molecular complexity index is 1080. The number of amides is 1. The van der Waals surface area contributed by atoms with Gasteiger partial charge in [-0.25, -0.2) is 4.39 Å². The van der Waals surface area contributed by atoms with Crippen LogP contribution in [0.4, 0.5) is 15.8 Å². The number of anilines is 1. The molecule has 0 aliphatic heterocycles. The number of nitrogens with one attached hydrogen (secondary N) is 1. The Labute approximate surface area is 165 Å². The number of benzene rings is 2. The molecule has 1 amide bonds. The van der Waals surface area contributed by atoms with Crippen molar-refractivity contribution in [2.24, 2.45) is 0 Å². The van der Waals surface area contributed by atoms with Crippen molar-refractivity contribution in [3.63, 3.8) is 0 Å². The van der Waals surface area contributed by atoms with Gasteiger partial charge in [0.25, 0.3) is 5.91 Å². The lowest BCUT2D eigenvalue weighted by atomic mass is 10.1. The summed E-state index contributed by atoms with van der Waals surface area (Å²) in [6.45, 7) is 0. The molecule has 2 aromatic carbocycles. The van der Waals surface area contributed by atoms with Crippen LogP contribution in [0.1, 0.15) is 23.2 Å². The van der Waals surface area contributed by atoms with Crippen molar-refractivity contribution in [2.45, 2.75) is 18.9 Å². The van der Waals surface area contributed by atoms with E-state index in [0.29, 0.717) is 16.9 Å². The highest BCUT2D eigenvalue weighted by Crippen LogP contribution is 2.34. The maximum Gasteiger partial charge on any atom is 0.311 e. The van der Waals surface area contributed by atoms with Crippen LogP contribution in [0.5, 0.6) is 5.75 Å². The predicted molar refractivity (Wildman–Crippen MR) is 104 cm³/mol. The van der Waals surface area contributed by atoms with E-state index in [1.165, 1.54) is 30.5 Å². The average Bonchev–Trinajstić information content (AvgIpc) is 3.53. The summed E-state index contributed by atoms with van der Waals surface area (Å²) in [6, 6.07) is 13.5. The van der Waals surface area contributed by atoms with E-state index in [1.54, 1.807) is 30.3 Å². The molecule has 0 bridgehead atoms. The minimum absolute atomic E-state index is 0.00687. The smallest absolute Gasteiger partial charge is 0.311 e. The minimum atomic E-state index is -0.570. The predicted octanol–water partition coefficient (Wildman–Crippen LogP) is 4.59. The Morgan fingerprint density at radius 1 is 1.17 bits per heavy atom. The quantitative estimate of drug-likeness (QED) is 0.488. The number of aromatic nitrogens is 1. The van der Waals surface area contributed by atoms with Gasteiger partial charge < -0.3 is 10.1 Å². The summed E-state index contributed by atoms with van der Waals surface area (Å²) in [5.74, 6) is -0.755. The fourth-order valence-corrected chi connectivity index (χ4v) is 2.77. The number of ether oxygens (including phenoxy) is 1. The number of nitro benzene ring substituents is 1. The highest BCUT2D eigenvalue weighted by molar-refractivity contribution is 6.04. The monoisotopic (exact) mass is 393 g/mol. The molecule has 1 N–H and O–H groups in total. The van der Waals surface area contributed by atoms with Crippen LogP contribution in [0, 0.1) is 15.9 Å². The van der Waals surface area contributed by atoms with Crippen LogP contribution in [0.2, 0.25) is 0 Å². The van der Waals surface area contributed by atoms with E-state index in [9.17, 15) is 19.3 Å². The molecule has 1 aliphatic carbocycles. The van der Waals surface area contributed by atoms with Gasteiger partial charge in [0.05, 0.1) is 28.6 Å². The molecule has 0 spiro atoms. The van der Waals surface area contributed by atoms with E-state index in [-0.39, 0.29) is 23.1 Å². The van der Waals surface area contributed by atoms with Gasteiger partial charge in [0.2, 0.25) is 0 Å². The molecule has 7 nitrogen and oxygen atoms in total. The van der Waals surface area contributed by atoms with E-state index in [0.717, 1.165) is 12.8 Å². The summed E-state index contributed by atoms with van der Waals surface area (Å²) >= 11 is 0. The van der Waals surface area contributed by atoms with Gasteiger partial charge >= 0.3 is 5.69 Å². The summed E-state index contributed by atoms with van der Waals surface area (Å²) in [4.78, 5) is 27.4. The van der Waals surface area contributed by atoms with Gasteiger partial charge in [-0.1, -0.05) is 12.1 Å².